The maximum absolute atomic E-state index is 14.1. The lowest BCUT2D eigenvalue weighted by Crippen LogP contribution is -2.13. The number of halogens is 1. The molecule has 0 radical (unpaired) electrons. The van der Waals surface area contributed by atoms with Crippen molar-refractivity contribution in [2.75, 3.05) is 0 Å². The van der Waals surface area contributed by atoms with Crippen LogP contribution in [-0.2, 0) is 16.0 Å². The van der Waals surface area contributed by atoms with Gasteiger partial charge < -0.3 is 4.74 Å². The van der Waals surface area contributed by atoms with Gasteiger partial charge in [0.1, 0.15) is 5.82 Å². The topological polar surface area (TPSA) is 26.3 Å². The number of ether oxygens (including phenoxy) is 1. The van der Waals surface area contributed by atoms with Gasteiger partial charge in [0.05, 0.1) is 12.5 Å². The summed E-state index contributed by atoms with van der Waals surface area (Å²) in [5, 5.41) is 0. The molecule has 0 saturated heterocycles. The molecule has 0 amide bonds. The Morgan fingerprint density at radius 3 is 2.45 bits per heavy atom. The van der Waals surface area contributed by atoms with Gasteiger partial charge in [-0.2, -0.15) is 0 Å². The van der Waals surface area contributed by atoms with Crippen LogP contribution in [0.1, 0.15) is 19.4 Å². The molecule has 2 rings (SSSR count). The molecule has 0 atom stereocenters. The van der Waals surface area contributed by atoms with Crippen molar-refractivity contribution in [2.45, 2.75) is 26.4 Å². The fourth-order valence-electron chi connectivity index (χ4n) is 1.99. The van der Waals surface area contributed by atoms with E-state index in [2.05, 4.69) is 0 Å². The first-order valence-electron chi connectivity index (χ1n) is 6.59. The first-order chi connectivity index (χ1) is 9.56. The third-order valence-electron chi connectivity index (χ3n) is 2.83. The molecule has 20 heavy (non-hydrogen) atoms. The standard InChI is InChI=1S/C17H17FO2/c1-12(2)20-17(19)11-13-8-9-15(16(18)10-13)14-6-4-3-5-7-14/h3-10,12H,11H2,1-2H3. The predicted molar refractivity (Wildman–Crippen MR) is 76.8 cm³/mol. The van der Waals surface area contributed by atoms with E-state index in [0.29, 0.717) is 11.1 Å². The fourth-order valence-corrected chi connectivity index (χ4v) is 1.99. The van der Waals surface area contributed by atoms with Crippen LogP contribution in [0.4, 0.5) is 4.39 Å². The number of hydrogen-bond donors (Lipinski definition) is 0. The summed E-state index contributed by atoms with van der Waals surface area (Å²) in [7, 11) is 0. The van der Waals surface area contributed by atoms with Gasteiger partial charge >= 0.3 is 5.97 Å². The molecule has 0 heterocycles. The van der Waals surface area contributed by atoms with E-state index in [1.54, 1.807) is 26.0 Å². The average molecular weight is 272 g/mol. The van der Waals surface area contributed by atoms with Crippen molar-refractivity contribution >= 4 is 5.97 Å². The van der Waals surface area contributed by atoms with Gasteiger partial charge in [-0.15, -0.1) is 0 Å². The van der Waals surface area contributed by atoms with Gasteiger partial charge in [-0.05, 0) is 31.0 Å². The maximum Gasteiger partial charge on any atom is 0.310 e. The Morgan fingerprint density at radius 2 is 1.85 bits per heavy atom. The van der Waals surface area contributed by atoms with Crippen LogP contribution in [0.2, 0.25) is 0 Å². The minimum atomic E-state index is -0.341. The first kappa shape index (κ1) is 14.3. The number of carbonyl (C=O) groups excluding carboxylic acids is 1. The number of hydrogen-bond acceptors (Lipinski definition) is 2. The molecular formula is C17H17FO2. The second kappa shape index (κ2) is 6.33. The van der Waals surface area contributed by atoms with Crippen LogP contribution in [0.15, 0.2) is 48.5 Å². The third-order valence-corrected chi connectivity index (χ3v) is 2.83. The Bertz CT molecular complexity index is 591. The van der Waals surface area contributed by atoms with E-state index in [-0.39, 0.29) is 24.3 Å². The lowest BCUT2D eigenvalue weighted by molar-refractivity contribution is -0.146. The van der Waals surface area contributed by atoms with Gasteiger partial charge in [-0.25, -0.2) is 4.39 Å². The molecule has 0 unspecified atom stereocenters. The van der Waals surface area contributed by atoms with E-state index in [0.717, 1.165) is 5.56 Å². The molecule has 0 aliphatic rings. The Hall–Kier alpha value is -2.16. The Labute approximate surface area is 118 Å². The highest BCUT2D eigenvalue weighted by molar-refractivity contribution is 5.73. The van der Waals surface area contributed by atoms with Gasteiger partial charge in [-0.1, -0.05) is 42.5 Å². The van der Waals surface area contributed by atoms with Crippen molar-refractivity contribution in [2.24, 2.45) is 0 Å². The van der Waals surface area contributed by atoms with Gasteiger partial charge in [0.25, 0.3) is 0 Å². The largest absolute Gasteiger partial charge is 0.463 e. The number of benzene rings is 2. The quantitative estimate of drug-likeness (QED) is 0.787. The molecule has 0 aliphatic carbocycles. The van der Waals surface area contributed by atoms with Crippen LogP contribution in [-0.4, -0.2) is 12.1 Å². The van der Waals surface area contributed by atoms with Crippen molar-refractivity contribution in [3.05, 3.63) is 59.9 Å². The van der Waals surface area contributed by atoms with E-state index < -0.39 is 0 Å². The summed E-state index contributed by atoms with van der Waals surface area (Å²) in [6.45, 7) is 3.58. The molecule has 0 aliphatic heterocycles. The van der Waals surface area contributed by atoms with Crippen molar-refractivity contribution in [1.29, 1.82) is 0 Å². The Morgan fingerprint density at radius 1 is 1.15 bits per heavy atom. The predicted octanol–water partition coefficient (Wildman–Crippen LogP) is 3.99. The van der Waals surface area contributed by atoms with E-state index in [9.17, 15) is 9.18 Å². The molecule has 2 aromatic rings. The molecule has 0 N–H and O–H groups in total. The second-order valence-electron chi connectivity index (χ2n) is 4.90. The van der Waals surface area contributed by atoms with Crippen molar-refractivity contribution in [3.8, 4) is 11.1 Å². The van der Waals surface area contributed by atoms with Gasteiger partial charge in [-0.3, -0.25) is 4.79 Å². The van der Waals surface area contributed by atoms with E-state index in [4.69, 9.17) is 4.74 Å². The van der Waals surface area contributed by atoms with Gasteiger partial charge in [0.2, 0.25) is 0 Å². The number of carbonyl (C=O) groups is 1. The smallest absolute Gasteiger partial charge is 0.310 e. The monoisotopic (exact) mass is 272 g/mol. The van der Waals surface area contributed by atoms with Crippen molar-refractivity contribution in [1.82, 2.24) is 0 Å². The molecule has 3 heteroatoms. The minimum Gasteiger partial charge on any atom is -0.463 e. The maximum atomic E-state index is 14.1. The van der Waals surface area contributed by atoms with E-state index >= 15 is 0 Å². The zero-order chi connectivity index (χ0) is 14.5. The zero-order valence-electron chi connectivity index (χ0n) is 11.6. The normalized spacial score (nSPS) is 10.6. The summed E-state index contributed by atoms with van der Waals surface area (Å²) in [6, 6.07) is 14.2. The molecular weight excluding hydrogens is 255 g/mol. The molecule has 0 fully saturated rings. The molecule has 104 valence electrons. The van der Waals surface area contributed by atoms with Crippen LogP contribution >= 0.6 is 0 Å². The highest BCUT2D eigenvalue weighted by Crippen LogP contribution is 2.23. The second-order valence-corrected chi connectivity index (χ2v) is 4.90. The lowest BCUT2D eigenvalue weighted by Gasteiger charge is -2.09. The molecule has 0 bridgehead atoms. The first-order valence-corrected chi connectivity index (χ1v) is 6.59. The molecule has 0 spiro atoms. The summed E-state index contributed by atoms with van der Waals surface area (Å²) in [6.07, 6.45) is -0.0691. The Kier molecular flexibility index (Phi) is 4.51. The summed E-state index contributed by atoms with van der Waals surface area (Å²) in [5.41, 5.74) is 1.97. The van der Waals surface area contributed by atoms with E-state index in [1.165, 1.54) is 6.07 Å². The summed E-state index contributed by atoms with van der Waals surface area (Å²) in [5.74, 6) is -0.669. The molecule has 2 nitrogen and oxygen atoms in total. The minimum absolute atomic E-state index is 0.0875. The summed E-state index contributed by atoms with van der Waals surface area (Å²) >= 11 is 0. The van der Waals surface area contributed by atoms with E-state index in [1.807, 2.05) is 30.3 Å². The molecule has 0 saturated carbocycles. The van der Waals surface area contributed by atoms with Crippen LogP contribution in [0.3, 0.4) is 0 Å². The fraction of sp³-hybridized carbons (Fsp3) is 0.235. The van der Waals surface area contributed by atoms with Gasteiger partial charge in [0.15, 0.2) is 0 Å². The zero-order valence-corrected chi connectivity index (χ0v) is 11.6. The summed E-state index contributed by atoms with van der Waals surface area (Å²) in [4.78, 5) is 11.5. The van der Waals surface area contributed by atoms with Crippen LogP contribution in [0, 0.1) is 5.82 Å². The SMILES string of the molecule is CC(C)OC(=O)Cc1ccc(-c2ccccc2)c(F)c1. The third kappa shape index (κ3) is 3.67. The van der Waals surface area contributed by atoms with Gasteiger partial charge in [0, 0.05) is 5.56 Å². The average Bonchev–Trinajstić information content (AvgIpc) is 2.38. The highest BCUT2D eigenvalue weighted by Gasteiger charge is 2.10. The summed E-state index contributed by atoms with van der Waals surface area (Å²) < 4.78 is 19.1. The lowest BCUT2D eigenvalue weighted by atomic mass is 10.0. The number of rotatable bonds is 4. The molecule has 0 aromatic heterocycles. The van der Waals surface area contributed by atoms with Crippen LogP contribution < -0.4 is 0 Å². The highest BCUT2D eigenvalue weighted by atomic mass is 19.1. The number of esters is 1. The van der Waals surface area contributed by atoms with Crippen LogP contribution in [0.25, 0.3) is 11.1 Å². The van der Waals surface area contributed by atoms with Crippen LogP contribution in [0.5, 0.6) is 0 Å². The molecule has 2 aromatic carbocycles. The Balaban J connectivity index is 2.16. The van der Waals surface area contributed by atoms with Crippen molar-refractivity contribution < 1.29 is 13.9 Å². The van der Waals surface area contributed by atoms with Crippen molar-refractivity contribution in [3.63, 3.8) is 0 Å².